The van der Waals surface area contributed by atoms with Gasteiger partial charge in [-0.15, -0.1) is 0 Å². The van der Waals surface area contributed by atoms with Crippen LogP contribution >= 0.6 is 0 Å². The Labute approximate surface area is 176 Å². The Bertz CT molecular complexity index is 915. The van der Waals surface area contributed by atoms with Crippen molar-refractivity contribution >= 4 is 11.9 Å². The summed E-state index contributed by atoms with van der Waals surface area (Å²) in [5.41, 5.74) is 1.03. The number of hydrogen-bond donors (Lipinski definition) is 1. The van der Waals surface area contributed by atoms with E-state index in [4.69, 9.17) is 9.47 Å². The molecule has 3 fully saturated rings. The third kappa shape index (κ3) is 3.31. The molecular formula is C25H27NO4. The minimum absolute atomic E-state index is 0.0246. The lowest BCUT2D eigenvalue weighted by Crippen LogP contribution is -2.53. The van der Waals surface area contributed by atoms with Crippen LogP contribution < -0.4 is 5.32 Å². The fourth-order valence-corrected chi connectivity index (χ4v) is 5.85. The standard InChI is InChI=1S/C25H27NO4/c1-15-9-8-14-18-19(15)21-23(30-25(28)17-12-6-3-7-13-17)22(20(18)26-21)29-24(27)16-10-4-2-5-11-16/h2-7,10-13,15,18-23,26H,8-9,14H2,1H3. The molecule has 1 N–H and O–H groups in total. The average Bonchev–Trinajstić information content (AvgIpc) is 3.32. The maximum Gasteiger partial charge on any atom is 0.338 e. The van der Waals surface area contributed by atoms with E-state index in [1.54, 1.807) is 24.3 Å². The second kappa shape index (κ2) is 7.88. The van der Waals surface area contributed by atoms with Gasteiger partial charge < -0.3 is 14.8 Å². The van der Waals surface area contributed by atoms with Gasteiger partial charge in [0.1, 0.15) is 0 Å². The van der Waals surface area contributed by atoms with Crippen LogP contribution in [0.25, 0.3) is 0 Å². The molecule has 2 heterocycles. The molecule has 0 radical (unpaired) electrons. The van der Waals surface area contributed by atoms with E-state index in [0.717, 1.165) is 6.42 Å². The van der Waals surface area contributed by atoms with Crippen molar-refractivity contribution < 1.29 is 19.1 Å². The highest BCUT2D eigenvalue weighted by atomic mass is 16.6. The van der Waals surface area contributed by atoms with Gasteiger partial charge in [-0.05, 0) is 48.4 Å². The van der Waals surface area contributed by atoms with Crippen molar-refractivity contribution in [1.82, 2.24) is 5.32 Å². The molecule has 5 heteroatoms. The van der Waals surface area contributed by atoms with E-state index in [2.05, 4.69) is 12.2 Å². The summed E-state index contributed by atoms with van der Waals surface area (Å²) in [5.74, 6) is 0.741. The normalized spacial score (nSPS) is 34.2. The smallest absolute Gasteiger partial charge is 0.338 e. The Kier molecular flexibility index (Phi) is 5.07. The molecule has 2 aliphatic heterocycles. The molecule has 2 saturated heterocycles. The highest BCUT2D eigenvalue weighted by molar-refractivity contribution is 5.90. The number of benzene rings is 2. The highest BCUT2D eigenvalue weighted by Gasteiger charge is 2.62. The maximum atomic E-state index is 12.8. The van der Waals surface area contributed by atoms with Gasteiger partial charge in [-0.2, -0.15) is 0 Å². The summed E-state index contributed by atoms with van der Waals surface area (Å²) in [6.45, 7) is 2.29. The second-order valence-electron chi connectivity index (χ2n) is 8.84. The summed E-state index contributed by atoms with van der Waals surface area (Å²) in [7, 11) is 0. The minimum atomic E-state index is -0.475. The SMILES string of the molecule is CC1CCCC2C3NC(C(OC(=O)c4ccccc4)C3OC(=O)c3ccccc3)C12. The van der Waals surface area contributed by atoms with Gasteiger partial charge in [0.2, 0.25) is 0 Å². The molecule has 1 saturated carbocycles. The molecule has 0 amide bonds. The lowest BCUT2D eigenvalue weighted by Gasteiger charge is -2.43. The van der Waals surface area contributed by atoms with E-state index < -0.39 is 12.2 Å². The van der Waals surface area contributed by atoms with E-state index in [9.17, 15) is 9.59 Å². The number of ether oxygens (including phenoxy) is 2. The van der Waals surface area contributed by atoms with E-state index >= 15 is 0 Å². The maximum absolute atomic E-state index is 12.8. The predicted octanol–water partition coefficient (Wildman–Crippen LogP) is 3.84. The van der Waals surface area contributed by atoms with Gasteiger partial charge in [0, 0.05) is 0 Å². The number of rotatable bonds is 4. The lowest BCUT2D eigenvalue weighted by molar-refractivity contribution is -0.0686. The van der Waals surface area contributed by atoms with Crippen molar-refractivity contribution in [3.8, 4) is 0 Å². The van der Waals surface area contributed by atoms with Crippen molar-refractivity contribution in [3.05, 3.63) is 71.8 Å². The highest BCUT2D eigenvalue weighted by Crippen LogP contribution is 2.50. The summed E-state index contributed by atoms with van der Waals surface area (Å²) in [6.07, 6.45) is 2.57. The summed E-state index contributed by atoms with van der Waals surface area (Å²) in [6, 6.07) is 18.1. The van der Waals surface area contributed by atoms with Crippen LogP contribution in [-0.2, 0) is 9.47 Å². The Morgan fingerprint density at radius 2 is 1.33 bits per heavy atom. The molecule has 5 rings (SSSR count). The first-order valence-corrected chi connectivity index (χ1v) is 10.9. The molecule has 2 aromatic rings. The fraction of sp³-hybridized carbons (Fsp3) is 0.440. The van der Waals surface area contributed by atoms with Crippen LogP contribution in [0, 0.1) is 17.8 Å². The molecule has 1 aliphatic carbocycles. The molecule has 2 aromatic carbocycles. The van der Waals surface area contributed by atoms with Crippen molar-refractivity contribution in [2.45, 2.75) is 50.5 Å². The molecule has 2 bridgehead atoms. The third-order valence-electron chi connectivity index (χ3n) is 7.15. The number of nitrogens with one attached hydrogen (secondary N) is 1. The van der Waals surface area contributed by atoms with Gasteiger partial charge in [-0.1, -0.05) is 56.2 Å². The molecule has 30 heavy (non-hydrogen) atoms. The van der Waals surface area contributed by atoms with Gasteiger partial charge in [0.05, 0.1) is 23.2 Å². The van der Waals surface area contributed by atoms with E-state index in [1.165, 1.54) is 12.8 Å². The quantitative estimate of drug-likeness (QED) is 0.783. The number of fused-ring (bicyclic) bond motifs is 5. The van der Waals surface area contributed by atoms with Crippen LogP contribution in [0.1, 0.15) is 46.9 Å². The molecule has 0 spiro atoms. The van der Waals surface area contributed by atoms with Gasteiger partial charge >= 0.3 is 11.9 Å². The fourth-order valence-electron chi connectivity index (χ4n) is 5.85. The molecule has 7 unspecified atom stereocenters. The van der Waals surface area contributed by atoms with Crippen LogP contribution in [0.2, 0.25) is 0 Å². The van der Waals surface area contributed by atoms with E-state index in [1.807, 2.05) is 36.4 Å². The number of hydrogen-bond acceptors (Lipinski definition) is 5. The topological polar surface area (TPSA) is 64.6 Å². The van der Waals surface area contributed by atoms with Gasteiger partial charge in [-0.25, -0.2) is 9.59 Å². The van der Waals surface area contributed by atoms with Crippen LogP contribution in [0.5, 0.6) is 0 Å². The minimum Gasteiger partial charge on any atom is -0.453 e. The monoisotopic (exact) mass is 405 g/mol. The van der Waals surface area contributed by atoms with Gasteiger partial charge in [0.15, 0.2) is 12.2 Å². The second-order valence-corrected chi connectivity index (χ2v) is 8.84. The molecule has 3 aliphatic rings. The van der Waals surface area contributed by atoms with E-state index in [0.29, 0.717) is 28.9 Å². The average molecular weight is 405 g/mol. The van der Waals surface area contributed by atoms with E-state index in [-0.39, 0.29) is 24.0 Å². The van der Waals surface area contributed by atoms with Crippen molar-refractivity contribution in [3.63, 3.8) is 0 Å². The molecule has 5 nitrogen and oxygen atoms in total. The summed E-state index contributed by atoms with van der Waals surface area (Å²) in [5, 5.41) is 3.66. The first kappa shape index (κ1) is 19.3. The predicted molar refractivity (Wildman–Crippen MR) is 112 cm³/mol. The first-order valence-electron chi connectivity index (χ1n) is 10.9. The van der Waals surface area contributed by atoms with Gasteiger partial charge in [0.25, 0.3) is 0 Å². The summed E-state index contributed by atoms with van der Waals surface area (Å²) in [4.78, 5) is 25.6. The Morgan fingerprint density at radius 1 is 0.800 bits per heavy atom. The van der Waals surface area contributed by atoms with Crippen molar-refractivity contribution in [2.24, 2.45) is 17.8 Å². The molecule has 156 valence electrons. The summed E-state index contributed by atoms with van der Waals surface area (Å²) < 4.78 is 12.0. The zero-order chi connectivity index (χ0) is 20.7. The van der Waals surface area contributed by atoms with Crippen LogP contribution in [0.15, 0.2) is 60.7 Å². The Balaban J connectivity index is 1.41. The third-order valence-corrected chi connectivity index (χ3v) is 7.15. The Hall–Kier alpha value is -2.66. The van der Waals surface area contributed by atoms with Crippen LogP contribution in [0.4, 0.5) is 0 Å². The zero-order valence-corrected chi connectivity index (χ0v) is 17.1. The van der Waals surface area contributed by atoms with Gasteiger partial charge in [-0.3, -0.25) is 0 Å². The first-order chi connectivity index (χ1) is 14.6. The largest absolute Gasteiger partial charge is 0.453 e. The zero-order valence-electron chi connectivity index (χ0n) is 17.1. The lowest BCUT2D eigenvalue weighted by atomic mass is 9.64. The molecular weight excluding hydrogens is 378 g/mol. The van der Waals surface area contributed by atoms with Crippen molar-refractivity contribution in [2.75, 3.05) is 0 Å². The molecule has 7 atom stereocenters. The summed E-state index contributed by atoms with van der Waals surface area (Å²) >= 11 is 0. The van der Waals surface area contributed by atoms with Crippen molar-refractivity contribution in [1.29, 1.82) is 0 Å². The van der Waals surface area contributed by atoms with Crippen LogP contribution in [0.3, 0.4) is 0 Å². The Morgan fingerprint density at radius 3 is 1.90 bits per heavy atom. The number of esters is 2. The molecule has 0 aromatic heterocycles. The van der Waals surface area contributed by atoms with Crippen LogP contribution in [-0.4, -0.2) is 36.2 Å². The number of carbonyl (C=O) groups excluding carboxylic acids is 2. The number of carbonyl (C=O) groups is 2.